The zero-order valence-corrected chi connectivity index (χ0v) is 14.8. The van der Waals surface area contributed by atoms with Gasteiger partial charge in [-0.1, -0.05) is 18.8 Å². The summed E-state index contributed by atoms with van der Waals surface area (Å²) in [6, 6.07) is 10.7. The van der Waals surface area contributed by atoms with Gasteiger partial charge in [0.25, 0.3) is 0 Å². The Balaban J connectivity index is 2.14. The van der Waals surface area contributed by atoms with Crippen LogP contribution in [-0.2, 0) is 6.54 Å². The molecule has 0 bridgehead atoms. The van der Waals surface area contributed by atoms with Gasteiger partial charge in [0.2, 0.25) is 0 Å². The molecular weight excluding hydrogens is 330 g/mol. The lowest BCUT2D eigenvalue weighted by Crippen LogP contribution is -2.14. The van der Waals surface area contributed by atoms with Gasteiger partial charge in [-0.15, -0.1) is 0 Å². The predicted molar refractivity (Wildman–Crippen MR) is 100 cm³/mol. The topological polar surface area (TPSA) is 97.5 Å². The van der Waals surface area contributed by atoms with E-state index in [2.05, 4.69) is 22.1 Å². The number of pyridine rings is 1. The van der Waals surface area contributed by atoms with E-state index in [0.717, 1.165) is 24.3 Å². The smallest absolute Gasteiger partial charge is 0.354 e. The van der Waals surface area contributed by atoms with E-state index < -0.39 is 5.97 Å². The molecule has 2 rings (SSSR count). The van der Waals surface area contributed by atoms with Crippen LogP contribution in [0.3, 0.4) is 0 Å². The van der Waals surface area contributed by atoms with E-state index in [9.17, 15) is 9.90 Å². The highest BCUT2D eigenvalue weighted by atomic mass is 16.5. The van der Waals surface area contributed by atoms with Crippen LogP contribution in [0.2, 0.25) is 0 Å². The minimum Gasteiger partial charge on any atom is -0.494 e. The average Bonchev–Trinajstić information content (AvgIpc) is 2.65. The SMILES string of the molecule is CCNCc1cc(C#Cc2ccc(OCCCN)cc2)cc(C(=O)O)n1. The number of aromatic nitrogens is 1. The summed E-state index contributed by atoms with van der Waals surface area (Å²) < 4.78 is 5.55. The Morgan fingerprint density at radius 3 is 2.62 bits per heavy atom. The van der Waals surface area contributed by atoms with Gasteiger partial charge in [-0.2, -0.15) is 0 Å². The van der Waals surface area contributed by atoms with Gasteiger partial charge >= 0.3 is 5.97 Å². The number of nitrogens with one attached hydrogen (secondary N) is 1. The first-order chi connectivity index (χ1) is 12.6. The molecule has 1 aromatic heterocycles. The Morgan fingerprint density at radius 1 is 1.23 bits per heavy atom. The molecule has 1 aromatic carbocycles. The van der Waals surface area contributed by atoms with E-state index >= 15 is 0 Å². The maximum Gasteiger partial charge on any atom is 0.354 e. The molecular formula is C20H23N3O3. The summed E-state index contributed by atoms with van der Waals surface area (Å²) in [6.45, 7) is 4.45. The van der Waals surface area contributed by atoms with E-state index in [-0.39, 0.29) is 5.69 Å². The third-order valence-corrected chi connectivity index (χ3v) is 3.48. The van der Waals surface area contributed by atoms with Crippen molar-refractivity contribution in [3.8, 4) is 17.6 Å². The standard InChI is InChI=1S/C20H23N3O3/c1-2-22-14-17-12-16(13-19(23-17)20(24)25)5-4-15-6-8-18(9-7-15)26-11-3-10-21/h6-9,12-13,22H,2-3,10-11,14,21H2,1H3,(H,24,25). The first kappa shape index (κ1) is 19.4. The van der Waals surface area contributed by atoms with Gasteiger partial charge < -0.3 is 20.9 Å². The fourth-order valence-electron chi connectivity index (χ4n) is 2.17. The number of rotatable bonds is 8. The van der Waals surface area contributed by atoms with Crippen LogP contribution in [-0.4, -0.2) is 35.8 Å². The molecule has 0 radical (unpaired) electrons. The number of aromatic carboxylic acids is 1. The van der Waals surface area contributed by atoms with Crippen molar-refractivity contribution in [3.63, 3.8) is 0 Å². The molecule has 0 saturated carbocycles. The molecule has 2 aromatic rings. The van der Waals surface area contributed by atoms with Crippen LogP contribution >= 0.6 is 0 Å². The number of carbonyl (C=O) groups is 1. The molecule has 0 amide bonds. The maximum absolute atomic E-state index is 11.2. The number of hydrogen-bond donors (Lipinski definition) is 3. The Hall–Kier alpha value is -2.88. The van der Waals surface area contributed by atoms with Gasteiger partial charge in [-0.05, 0) is 55.9 Å². The van der Waals surface area contributed by atoms with E-state index in [1.165, 1.54) is 6.07 Å². The van der Waals surface area contributed by atoms with E-state index in [1.54, 1.807) is 6.07 Å². The molecule has 136 valence electrons. The highest BCUT2D eigenvalue weighted by Gasteiger charge is 2.08. The molecule has 0 saturated heterocycles. The maximum atomic E-state index is 11.2. The fourth-order valence-corrected chi connectivity index (χ4v) is 2.17. The number of benzene rings is 1. The molecule has 0 aliphatic heterocycles. The summed E-state index contributed by atoms with van der Waals surface area (Å²) >= 11 is 0. The summed E-state index contributed by atoms with van der Waals surface area (Å²) in [6.07, 6.45) is 0.810. The largest absolute Gasteiger partial charge is 0.494 e. The van der Waals surface area contributed by atoms with Crippen molar-refractivity contribution in [3.05, 3.63) is 58.9 Å². The number of hydrogen-bond acceptors (Lipinski definition) is 5. The molecule has 26 heavy (non-hydrogen) atoms. The molecule has 6 heteroatoms. The lowest BCUT2D eigenvalue weighted by molar-refractivity contribution is 0.0690. The number of ether oxygens (including phenoxy) is 1. The second-order valence-corrected chi connectivity index (χ2v) is 5.58. The predicted octanol–water partition coefficient (Wildman–Crippen LogP) is 2.02. The monoisotopic (exact) mass is 353 g/mol. The number of carboxylic acids is 1. The summed E-state index contributed by atoms with van der Waals surface area (Å²) in [5, 5.41) is 12.3. The number of carboxylic acid groups (broad SMARTS) is 1. The van der Waals surface area contributed by atoms with Gasteiger partial charge in [0.15, 0.2) is 0 Å². The van der Waals surface area contributed by atoms with Crippen LogP contribution in [0.5, 0.6) is 5.75 Å². The average molecular weight is 353 g/mol. The summed E-state index contributed by atoms with van der Waals surface area (Å²) in [5.41, 5.74) is 7.52. The normalized spacial score (nSPS) is 10.1. The van der Waals surface area contributed by atoms with Gasteiger partial charge in [0, 0.05) is 17.7 Å². The van der Waals surface area contributed by atoms with Crippen LogP contribution in [0.25, 0.3) is 0 Å². The number of nitrogens with zero attached hydrogens (tertiary/aromatic N) is 1. The zero-order chi connectivity index (χ0) is 18.8. The molecule has 0 unspecified atom stereocenters. The van der Waals surface area contributed by atoms with Gasteiger partial charge in [-0.3, -0.25) is 0 Å². The summed E-state index contributed by atoms with van der Waals surface area (Å²) in [4.78, 5) is 15.4. The Morgan fingerprint density at radius 2 is 1.96 bits per heavy atom. The van der Waals surface area contributed by atoms with Gasteiger partial charge in [0.1, 0.15) is 11.4 Å². The second-order valence-electron chi connectivity index (χ2n) is 5.58. The van der Waals surface area contributed by atoms with E-state index in [4.69, 9.17) is 10.5 Å². The van der Waals surface area contributed by atoms with Crippen molar-refractivity contribution < 1.29 is 14.6 Å². The van der Waals surface area contributed by atoms with Crippen LogP contribution in [0.4, 0.5) is 0 Å². The third kappa shape index (κ3) is 6.20. The molecule has 0 atom stereocenters. The first-order valence-corrected chi connectivity index (χ1v) is 8.52. The molecule has 4 N–H and O–H groups in total. The van der Waals surface area contributed by atoms with Crippen molar-refractivity contribution in [1.29, 1.82) is 0 Å². The lowest BCUT2D eigenvalue weighted by atomic mass is 10.1. The summed E-state index contributed by atoms with van der Waals surface area (Å²) in [7, 11) is 0. The fraction of sp³-hybridized carbons (Fsp3) is 0.300. The van der Waals surface area contributed by atoms with E-state index in [1.807, 2.05) is 31.2 Å². The van der Waals surface area contributed by atoms with Crippen molar-refractivity contribution in [1.82, 2.24) is 10.3 Å². The second kappa shape index (κ2) is 10.2. The van der Waals surface area contributed by atoms with Gasteiger partial charge in [0.05, 0.1) is 12.3 Å². The van der Waals surface area contributed by atoms with Crippen LogP contribution in [0, 0.1) is 11.8 Å². The van der Waals surface area contributed by atoms with Crippen LogP contribution < -0.4 is 15.8 Å². The van der Waals surface area contributed by atoms with Crippen molar-refractivity contribution in [2.24, 2.45) is 5.73 Å². The first-order valence-electron chi connectivity index (χ1n) is 8.52. The zero-order valence-electron chi connectivity index (χ0n) is 14.8. The molecule has 0 spiro atoms. The highest BCUT2D eigenvalue weighted by molar-refractivity contribution is 5.85. The Kier molecular flexibility index (Phi) is 7.62. The number of nitrogens with two attached hydrogens (primary N) is 1. The Bertz CT molecular complexity index is 792. The molecule has 1 heterocycles. The molecule has 0 aliphatic rings. The minimum atomic E-state index is -1.06. The molecule has 6 nitrogen and oxygen atoms in total. The highest BCUT2D eigenvalue weighted by Crippen LogP contribution is 2.12. The Labute approximate surface area is 153 Å². The summed E-state index contributed by atoms with van der Waals surface area (Å²) in [5.74, 6) is 5.75. The third-order valence-electron chi connectivity index (χ3n) is 3.48. The van der Waals surface area contributed by atoms with Crippen molar-refractivity contribution in [2.75, 3.05) is 19.7 Å². The van der Waals surface area contributed by atoms with Gasteiger partial charge in [-0.25, -0.2) is 9.78 Å². The van der Waals surface area contributed by atoms with Crippen molar-refractivity contribution in [2.45, 2.75) is 19.9 Å². The van der Waals surface area contributed by atoms with Crippen molar-refractivity contribution >= 4 is 5.97 Å². The van der Waals surface area contributed by atoms with Crippen LogP contribution in [0.1, 0.15) is 40.7 Å². The molecule has 0 fully saturated rings. The lowest BCUT2D eigenvalue weighted by Gasteiger charge is -2.05. The quantitative estimate of drug-likeness (QED) is 0.496. The van der Waals surface area contributed by atoms with E-state index in [0.29, 0.717) is 31.0 Å². The van der Waals surface area contributed by atoms with Crippen LogP contribution in [0.15, 0.2) is 36.4 Å². The minimum absolute atomic E-state index is 0.00615. The molecule has 0 aliphatic carbocycles.